The molecule has 0 radical (unpaired) electrons. The summed E-state index contributed by atoms with van der Waals surface area (Å²) in [5.74, 6) is 0.0463. The molecule has 0 aliphatic heterocycles. The van der Waals surface area contributed by atoms with E-state index in [4.69, 9.17) is 9.57 Å². The van der Waals surface area contributed by atoms with Crippen molar-refractivity contribution >= 4 is 22.2 Å². The van der Waals surface area contributed by atoms with Gasteiger partial charge in [-0.25, -0.2) is 10.5 Å². The Morgan fingerprint density at radius 1 is 1.31 bits per heavy atom. The summed E-state index contributed by atoms with van der Waals surface area (Å²) in [5.41, 5.74) is 2.63. The number of nitrogens with one attached hydrogen (secondary N) is 1. The number of thiazole rings is 1. The fourth-order valence-corrected chi connectivity index (χ4v) is 3.15. The Morgan fingerprint density at radius 2 is 2.08 bits per heavy atom. The van der Waals surface area contributed by atoms with Crippen molar-refractivity contribution in [2.45, 2.75) is 26.4 Å². The normalized spacial score (nSPS) is 11.5. The monoisotopic (exact) mass is 373 g/mol. The number of nitrogens with zero attached hydrogens (tertiary/aromatic N) is 2. The Hall–Kier alpha value is -2.71. The van der Waals surface area contributed by atoms with Crippen LogP contribution in [0.25, 0.3) is 16.2 Å². The maximum absolute atomic E-state index is 12.9. The number of hydrogen-bond acceptors (Lipinski definition) is 6. The molecule has 1 N–H and O–H groups in total. The van der Waals surface area contributed by atoms with E-state index in [0.717, 1.165) is 5.56 Å². The molecule has 0 unspecified atom stereocenters. The second-order valence-electron chi connectivity index (χ2n) is 6.59. The molecule has 2 aromatic heterocycles. The van der Waals surface area contributed by atoms with Crippen molar-refractivity contribution in [2.24, 2.45) is 0 Å². The van der Waals surface area contributed by atoms with Crippen molar-refractivity contribution in [3.05, 3.63) is 51.8 Å². The highest BCUT2D eigenvalue weighted by Crippen LogP contribution is 2.26. The number of carbonyl (C=O) groups is 1. The molecule has 0 saturated carbocycles. The summed E-state index contributed by atoms with van der Waals surface area (Å²) in [6.07, 6.45) is 1.27. The number of carbonyl (C=O) groups excluding carboxylic acids is 1. The lowest BCUT2D eigenvalue weighted by molar-refractivity contribution is -0.0590. The average Bonchev–Trinajstić information content (AvgIpc) is 3.04. The Morgan fingerprint density at radius 3 is 2.77 bits per heavy atom. The summed E-state index contributed by atoms with van der Waals surface area (Å²) in [7, 11) is 1.58. The van der Waals surface area contributed by atoms with Crippen molar-refractivity contribution in [3.8, 4) is 17.0 Å². The highest BCUT2D eigenvalue weighted by atomic mass is 32.1. The van der Waals surface area contributed by atoms with Crippen LogP contribution in [-0.4, -0.2) is 28.0 Å². The van der Waals surface area contributed by atoms with Gasteiger partial charge in [-0.3, -0.25) is 18.8 Å². The van der Waals surface area contributed by atoms with Crippen LogP contribution in [0.4, 0.5) is 0 Å². The number of rotatable bonds is 4. The Kier molecular flexibility index (Phi) is 4.80. The molecule has 3 aromatic rings. The lowest BCUT2D eigenvalue weighted by Crippen LogP contribution is -2.36. The molecule has 3 rings (SSSR count). The number of benzene rings is 1. The van der Waals surface area contributed by atoms with Crippen LogP contribution in [0.1, 0.15) is 31.1 Å². The van der Waals surface area contributed by atoms with Crippen LogP contribution in [0, 0.1) is 0 Å². The highest BCUT2D eigenvalue weighted by molar-refractivity contribution is 7.15. The number of ether oxygens (including phenoxy) is 1. The van der Waals surface area contributed by atoms with Crippen molar-refractivity contribution in [1.82, 2.24) is 14.9 Å². The molecule has 0 fully saturated rings. The number of hydrogen-bond donors (Lipinski definition) is 1. The molecule has 136 valence electrons. The molecular weight excluding hydrogens is 354 g/mol. The van der Waals surface area contributed by atoms with Crippen LogP contribution in [0.5, 0.6) is 5.75 Å². The molecule has 1 aromatic carbocycles. The predicted molar refractivity (Wildman–Crippen MR) is 99.6 cm³/mol. The van der Waals surface area contributed by atoms with Crippen molar-refractivity contribution < 1.29 is 14.4 Å². The van der Waals surface area contributed by atoms with Gasteiger partial charge >= 0.3 is 0 Å². The fraction of sp³-hybridized carbons (Fsp3) is 0.278. The lowest BCUT2D eigenvalue weighted by atomic mass is 10.1. The molecule has 0 saturated heterocycles. The van der Waals surface area contributed by atoms with Gasteiger partial charge in [0.15, 0.2) is 4.96 Å². The summed E-state index contributed by atoms with van der Waals surface area (Å²) in [6.45, 7) is 5.38. The molecule has 0 bridgehead atoms. The number of amides is 1. The molecular formula is C18H19N3O4S. The summed E-state index contributed by atoms with van der Waals surface area (Å²) >= 11 is 1.32. The van der Waals surface area contributed by atoms with Gasteiger partial charge in [0.25, 0.3) is 11.5 Å². The van der Waals surface area contributed by atoms with Crippen LogP contribution in [0.15, 0.2) is 40.6 Å². The van der Waals surface area contributed by atoms with E-state index < -0.39 is 17.1 Å². The molecule has 0 aliphatic carbocycles. The molecule has 8 heteroatoms. The van der Waals surface area contributed by atoms with E-state index in [1.807, 2.05) is 29.6 Å². The summed E-state index contributed by atoms with van der Waals surface area (Å²) in [6, 6.07) is 7.35. The van der Waals surface area contributed by atoms with Gasteiger partial charge in [-0.2, -0.15) is 0 Å². The van der Waals surface area contributed by atoms with Gasteiger partial charge in [0.2, 0.25) is 0 Å². The zero-order chi connectivity index (χ0) is 18.9. The van der Waals surface area contributed by atoms with E-state index in [1.165, 1.54) is 21.9 Å². The third kappa shape index (κ3) is 3.61. The highest BCUT2D eigenvalue weighted by Gasteiger charge is 2.19. The van der Waals surface area contributed by atoms with Gasteiger partial charge in [0, 0.05) is 17.1 Å². The number of aromatic nitrogens is 2. The van der Waals surface area contributed by atoms with E-state index in [1.54, 1.807) is 27.9 Å². The second-order valence-corrected chi connectivity index (χ2v) is 7.43. The zero-order valence-corrected chi connectivity index (χ0v) is 15.7. The lowest BCUT2D eigenvalue weighted by Gasteiger charge is -2.18. The van der Waals surface area contributed by atoms with Crippen LogP contribution >= 0.6 is 11.3 Å². The average molecular weight is 373 g/mol. The predicted octanol–water partition coefficient (Wildman–Crippen LogP) is 2.89. The molecule has 0 spiro atoms. The Balaban J connectivity index is 2.06. The number of methoxy groups -OCH3 is 1. The van der Waals surface area contributed by atoms with E-state index in [9.17, 15) is 9.59 Å². The van der Waals surface area contributed by atoms with Crippen LogP contribution in [0.2, 0.25) is 0 Å². The maximum atomic E-state index is 12.9. The number of fused-ring (bicyclic) bond motifs is 1. The third-order valence-electron chi connectivity index (χ3n) is 3.51. The first kappa shape index (κ1) is 18.1. The molecule has 2 heterocycles. The van der Waals surface area contributed by atoms with Crippen LogP contribution in [-0.2, 0) is 4.84 Å². The molecule has 7 nitrogen and oxygen atoms in total. The van der Waals surface area contributed by atoms with Crippen LogP contribution in [0.3, 0.4) is 0 Å². The standard InChI is InChI=1S/C18H19N3O4S/c1-18(2,3)25-20-15(22)13-9-19-17-21(16(13)23)14(10-26-17)11-6-5-7-12(8-11)24-4/h5-10H,1-4H3,(H,20,22). The topological polar surface area (TPSA) is 81.9 Å². The first-order valence-corrected chi connectivity index (χ1v) is 8.80. The van der Waals surface area contributed by atoms with Crippen LogP contribution < -0.4 is 15.8 Å². The maximum Gasteiger partial charge on any atom is 0.282 e. The minimum absolute atomic E-state index is 0.0886. The first-order valence-electron chi connectivity index (χ1n) is 7.92. The minimum Gasteiger partial charge on any atom is -0.497 e. The van der Waals surface area contributed by atoms with Crippen molar-refractivity contribution in [1.29, 1.82) is 0 Å². The van der Waals surface area contributed by atoms with E-state index in [2.05, 4.69) is 10.5 Å². The van der Waals surface area contributed by atoms with Gasteiger partial charge in [0.05, 0.1) is 18.4 Å². The first-order chi connectivity index (χ1) is 12.3. The third-order valence-corrected chi connectivity index (χ3v) is 4.35. The van der Waals surface area contributed by atoms with E-state index in [-0.39, 0.29) is 5.56 Å². The quantitative estimate of drug-likeness (QED) is 0.711. The minimum atomic E-state index is -0.630. The summed E-state index contributed by atoms with van der Waals surface area (Å²) in [4.78, 5) is 35.2. The smallest absolute Gasteiger partial charge is 0.282 e. The van der Waals surface area contributed by atoms with Gasteiger partial charge in [-0.05, 0) is 32.9 Å². The van der Waals surface area contributed by atoms with Crippen molar-refractivity contribution in [3.63, 3.8) is 0 Å². The van der Waals surface area contributed by atoms with E-state index in [0.29, 0.717) is 16.4 Å². The van der Waals surface area contributed by atoms with E-state index >= 15 is 0 Å². The second kappa shape index (κ2) is 6.89. The van der Waals surface area contributed by atoms with Gasteiger partial charge in [-0.15, -0.1) is 11.3 Å². The Labute approximate surface area is 154 Å². The molecule has 26 heavy (non-hydrogen) atoms. The van der Waals surface area contributed by atoms with Gasteiger partial charge in [-0.1, -0.05) is 12.1 Å². The summed E-state index contributed by atoms with van der Waals surface area (Å²) in [5, 5.41) is 1.83. The summed E-state index contributed by atoms with van der Waals surface area (Å²) < 4.78 is 6.66. The molecule has 0 atom stereocenters. The van der Waals surface area contributed by atoms with Gasteiger partial charge < -0.3 is 4.74 Å². The largest absolute Gasteiger partial charge is 0.497 e. The zero-order valence-electron chi connectivity index (χ0n) is 14.9. The van der Waals surface area contributed by atoms with Crippen molar-refractivity contribution in [2.75, 3.05) is 7.11 Å². The number of hydroxylamine groups is 1. The fourth-order valence-electron chi connectivity index (χ4n) is 2.29. The van der Waals surface area contributed by atoms with Gasteiger partial charge in [0.1, 0.15) is 11.3 Å². The Bertz CT molecular complexity index is 1020. The molecule has 0 aliphatic rings. The SMILES string of the molecule is COc1cccc(-c2csc3ncc(C(=O)NOC(C)(C)C)c(=O)n23)c1. The molecule has 1 amide bonds.